The number of hydrogen-bond donors (Lipinski definition) is 0. The van der Waals surface area contributed by atoms with Crippen LogP contribution in [0.3, 0.4) is 0 Å². The van der Waals surface area contributed by atoms with Gasteiger partial charge in [-0.05, 0) is 31.5 Å². The second kappa shape index (κ2) is 3.47. The van der Waals surface area contributed by atoms with E-state index in [4.69, 9.17) is 0 Å². The molecule has 0 bridgehead atoms. The molecule has 0 aliphatic carbocycles. The normalized spacial score (nSPS) is 9.77. The van der Waals surface area contributed by atoms with Crippen LogP contribution >= 0.6 is 0 Å². The summed E-state index contributed by atoms with van der Waals surface area (Å²) in [5.41, 5.74) is 0.904. The SMILES string of the molecule is CC(=O)c1cc(F)cc(C)c1C=O. The van der Waals surface area contributed by atoms with Crippen molar-refractivity contribution in [2.24, 2.45) is 0 Å². The van der Waals surface area contributed by atoms with E-state index in [0.717, 1.165) is 6.07 Å². The van der Waals surface area contributed by atoms with Gasteiger partial charge >= 0.3 is 0 Å². The summed E-state index contributed by atoms with van der Waals surface area (Å²) in [7, 11) is 0. The quantitative estimate of drug-likeness (QED) is 0.516. The van der Waals surface area contributed by atoms with E-state index in [1.807, 2.05) is 0 Å². The zero-order chi connectivity index (χ0) is 10.0. The Morgan fingerprint density at radius 3 is 2.54 bits per heavy atom. The van der Waals surface area contributed by atoms with Crippen molar-refractivity contribution < 1.29 is 14.0 Å². The van der Waals surface area contributed by atoms with Crippen LogP contribution in [0.2, 0.25) is 0 Å². The molecule has 0 atom stereocenters. The van der Waals surface area contributed by atoms with E-state index in [1.165, 1.54) is 13.0 Å². The number of carbonyl (C=O) groups is 2. The number of rotatable bonds is 2. The van der Waals surface area contributed by atoms with E-state index in [1.54, 1.807) is 6.92 Å². The largest absolute Gasteiger partial charge is 0.298 e. The Balaban J connectivity index is 3.46. The van der Waals surface area contributed by atoms with Crippen molar-refractivity contribution >= 4 is 12.1 Å². The molecular weight excluding hydrogens is 171 g/mol. The van der Waals surface area contributed by atoms with Gasteiger partial charge in [-0.15, -0.1) is 0 Å². The number of ketones is 1. The third kappa shape index (κ3) is 1.80. The monoisotopic (exact) mass is 180 g/mol. The summed E-state index contributed by atoms with van der Waals surface area (Å²) in [6.45, 7) is 2.90. The lowest BCUT2D eigenvalue weighted by atomic mass is 10.0. The van der Waals surface area contributed by atoms with Crippen LogP contribution in [0, 0.1) is 12.7 Å². The highest BCUT2D eigenvalue weighted by Crippen LogP contribution is 2.15. The maximum Gasteiger partial charge on any atom is 0.160 e. The Hall–Kier alpha value is -1.51. The molecule has 3 heteroatoms. The first kappa shape index (κ1) is 9.58. The van der Waals surface area contributed by atoms with Gasteiger partial charge in [-0.1, -0.05) is 0 Å². The standard InChI is InChI=1S/C10H9FO2/c1-6-3-8(11)4-9(7(2)13)10(6)5-12/h3-5H,1-2H3. The molecule has 0 aliphatic rings. The van der Waals surface area contributed by atoms with Crippen LogP contribution in [0.15, 0.2) is 12.1 Å². The van der Waals surface area contributed by atoms with Crippen LogP contribution in [0.1, 0.15) is 33.2 Å². The maximum absolute atomic E-state index is 12.8. The molecule has 0 unspecified atom stereocenters. The number of hydrogen-bond acceptors (Lipinski definition) is 2. The van der Waals surface area contributed by atoms with E-state index in [9.17, 15) is 14.0 Å². The minimum atomic E-state index is -0.492. The van der Waals surface area contributed by atoms with Crippen LogP contribution in [-0.2, 0) is 0 Å². The number of aryl methyl sites for hydroxylation is 1. The molecule has 0 N–H and O–H groups in total. The molecule has 1 aromatic carbocycles. The van der Waals surface area contributed by atoms with E-state index in [0.29, 0.717) is 11.8 Å². The predicted octanol–water partition coefficient (Wildman–Crippen LogP) is 2.15. The zero-order valence-electron chi connectivity index (χ0n) is 7.43. The average Bonchev–Trinajstić information content (AvgIpc) is 2.02. The van der Waals surface area contributed by atoms with Crippen molar-refractivity contribution in [2.75, 3.05) is 0 Å². The van der Waals surface area contributed by atoms with Gasteiger partial charge in [0.15, 0.2) is 12.1 Å². The van der Waals surface area contributed by atoms with Gasteiger partial charge in [0, 0.05) is 11.1 Å². The van der Waals surface area contributed by atoms with Gasteiger partial charge in [-0.2, -0.15) is 0 Å². The molecule has 68 valence electrons. The highest BCUT2D eigenvalue weighted by molar-refractivity contribution is 6.02. The van der Waals surface area contributed by atoms with Crippen molar-refractivity contribution in [1.82, 2.24) is 0 Å². The smallest absolute Gasteiger partial charge is 0.160 e. The molecule has 0 saturated carbocycles. The summed E-state index contributed by atoms with van der Waals surface area (Å²) in [6, 6.07) is 2.31. The van der Waals surface area contributed by atoms with Gasteiger partial charge in [0.05, 0.1) is 0 Å². The topological polar surface area (TPSA) is 34.1 Å². The molecule has 0 heterocycles. The van der Waals surface area contributed by atoms with Crippen molar-refractivity contribution in [2.45, 2.75) is 13.8 Å². The van der Waals surface area contributed by atoms with Gasteiger partial charge in [-0.3, -0.25) is 9.59 Å². The fraction of sp³-hybridized carbons (Fsp3) is 0.200. The van der Waals surface area contributed by atoms with Gasteiger partial charge in [0.2, 0.25) is 0 Å². The highest BCUT2D eigenvalue weighted by Gasteiger charge is 2.10. The van der Waals surface area contributed by atoms with Crippen LogP contribution in [0.5, 0.6) is 0 Å². The highest BCUT2D eigenvalue weighted by atomic mass is 19.1. The summed E-state index contributed by atoms with van der Waals surface area (Å²) in [5, 5.41) is 0. The number of benzene rings is 1. The van der Waals surface area contributed by atoms with Crippen LogP contribution in [-0.4, -0.2) is 12.1 Å². The van der Waals surface area contributed by atoms with E-state index in [-0.39, 0.29) is 16.9 Å². The molecule has 13 heavy (non-hydrogen) atoms. The second-order valence-electron chi connectivity index (χ2n) is 2.86. The number of carbonyl (C=O) groups excluding carboxylic acids is 2. The minimum Gasteiger partial charge on any atom is -0.298 e. The first-order chi connectivity index (χ1) is 6.06. The van der Waals surface area contributed by atoms with Gasteiger partial charge in [0.25, 0.3) is 0 Å². The lowest BCUT2D eigenvalue weighted by molar-refractivity contribution is 0.100. The molecule has 0 spiro atoms. The number of halogens is 1. The summed E-state index contributed by atoms with van der Waals surface area (Å²) in [4.78, 5) is 21.6. The lowest BCUT2D eigenvalue weighted by Crippen LogP contribution is -2.02. The molecule has 2 nitrogen and oxygen atoms in total. The molecule has 0 fully saturated rings. The van der Waals surface area contributed by atoms with Gasteiger partial charge in [0.1, 0.15) is 5.82 Å². The van der Waals surface area contributed by atoms with E-state index in [2.05, 4.69) is 0 Å². The maximum atomic E-state index is 12.8. The van der Waals surface area contributed by atoms with Crippen molar-refractivity contribution in [3.05, 3.63) is 34.6 Å². The Morgan fingerprint density at radius 1 is 1.46 bits per heavy atom. The summed E-state index contributed by atoms with van der Waals surface area (Å²) in [6.07, 6.45) is 0.575. The van der Waals surface area contributed by atoms with Crippen molar-refractivity contribution in [3.8, 4) is 0 Å². The summed E-state index contributed by atoms with van der Waals surface area (Å²) < 4.78 is 12.8. The Kier molecular flexibility index (Phi) is 2.56. The van der Waals surface area contributed by atoms with Gasteiger partial charge < -0.3 is 0 Å². The summed E-state index contributed by atoms with van der Waals surface area (Å²) >= 11 is 0. The zero-order valence-corrected chi connectivity index (χ0v) is 7.43. The van der Waals surface area contributed by atoms with Crippen LogP contribution in [0.25, 0.3) is 0 Å². The number of aldehydes is 1. The molecule has 0 aromatic heterocycles. The molecule has 1 rings (SSSR count). The average molecular weight is 180 g/mol. The Morgan fingerprint density at radius 2 is 2.08 bits per heavy atom. The van der Waals surface area contributed by atoms with E-state index < -0.39 is 5.82 Å². The minimum absolute atomic E-state index is 0.146. The first-order valence-corrected chi connectivity index (χ1v) is 3.82. The van der Waals surface area contributed by atoms with Crippen LogP contribution in [0.4, 0.5) is 4.39 Å². The Bertz CT molecular complexity index is 369. The predicted molar refractivity (Wildman–Crippen MR) is 46.5 cm³/mol. The summed E-state index contributed by atoms with van der Waals surface area (Å²) in [5.74, 6) is -0.794. The fourth-order valence-corrected chi connectivity index (χ4v) is 1.20. The molecular formula is C10H9FO2. The Labute approximate surface area is 75.4 Å². The molecule has 0 radical (unpaired) electrons. The third-order valence-electron chi connectivity index (χ3n) is 1.85. The lowest BCUT2D eigenvalue weighted by Gasteiger charge is -2.04. The van der Waals surface area contributed by atoms with Crippen LogP contribution < -0.4 is 0 Å². The molecule has 0 aliphatic heterocycles. The molecule has 0 amide bonds. The second-order valence-corrected chi connectivity index (χ2v) is 2.86. The van der Waals surface area contributed by atoms with Crippen molar-refractivity contribution in [1.29, 1.82) is 0 Å². The first-order valence-electron chi connectivity index (χ1n) is 3.82. The van der Waals surface area contributed by atoms with E-state index >= 15 is 0 Å². The third-order valence-corrected chi connectivity index (χ3v) is 1.85. The molecule has 1 aromatic rings. The fourth-order valence-electron chi connectivity index (χ4n) is 1.20. The van der Waals surface area contributed by atoms with Crippen molar-refractivity contribution in [3.63, 3.8) is 0 Å². The van der Waals surface area contributed by atoms with Gasteiger partial charge in [-0.25, -0.2) is 4.39 Å². The molecule has 0 saturated heterocycles. The number of Topliss-reactive ketones (excluding diaryl/α,β-unsaturated/α-hetero) is 1.